The highest BCUT2D eigenvalue weighted by Crippen LogP contribution is 2.28. The molecule has 1 aliphatic heterocycles. The Labute approximate surface area is 121 Å². The minimum Gasteiger partial charge on any atom is -0.366 e. The molecule has 1 aromatic carbocycles. The second-order valence-corrected chi connectivity index (χ2v) is 5.79. The van der Waals surface area contributed by atoms with Crippen LogP contribution in [-0.2, 0) is 0 Å². The standard InChI is InChI=1S/C13H19BrN4O/c1-17-4-5-18(10(7-15)8-17)12-6-9(14)2-3-11(12)13(16)19/h2-3,6,10H,4-5,7-8,15H2,1H3,(H2,16,19). The number of nitrogens with zero attached hydrogens (tertiary/aromatic N) is 2. The zero-order valence-corrected chi connectivity index (χ0v) is 12.6. The van der Waals surface area contributed by atoms with E-state index in [0.29, 0.717) is 12.1 Å². The predicted octanol–water partition coefficient (Wildman–Crippen LogP) is 0.627. The molecule has 0 saturated carbocycles. The lowest BCUT2D eigenvalue weighted by molar-refractivity contribution is 0.100. The number of amides is 1. The number of hydrogen-bond donors (Lipinski definition) is 2. The van der Waals surface area contributed by atoms with Crippen molar-refractivity contribution >= 4 is 27.5 Å². The van der Waals surface area contributed by atoms with Gasteiger partial charge in [-0.3, -0.25) is 4.79 Å². The van der Waals surface area contributed by atoms with Gasteiger partial charge in [0.2, 0.25) is 0 Å². The predicted molar refractivity (Wildman–Crippen MR) is 80.3 cm³/mol. The summed E-state index contributed by atoms with van der Waals surface area (Å²) in [6.07, 6.45) is 0. The third-order valence-corrected chi connectivity index (χ3v) is 3.99. The monoisotopic (exact) mass is 326 g/mol. The highest BCUT2D eigenvalue weighted by molar-refractivity contribution is 9.10. The number of rotatable bonds is 3. The molecule has 1 amide bonds. The minimum absolute atomic E-state index is 0.200. The maximum absolute atomic E-state index is 11.6. The molecule has 4 N–H and O–H groups in total. The number of halogens is 1. The van der Waals surface area contributed by atoms with E-state index in [2.05, 4.69) is 32.8 Å². The Hall–Kier alpha value is -1.11. The number of anilines is 1. The Kier molecular flexibility index (Phi) is 4.44. The first-order valence-electron chi connectivity index (χ1n) is 6.27. The van der Waals surface area contributed by atoms with Crippen LogP contribution < -0.4 is 16.4 Å². The summed E-state index contributed by atoms with van der Waals surface area (Å²) in [6, 6.07) is 5.73. The molecule has 104 valence electrons. The molecule has 0 spiro atoms. The van der Waals surface area contributed by atoms with E-state index in [1.165, 1.54) is 0 Å². The van der Waals surface area contributed by atoms with Gasteiger partial charge in [0.1, 0.15) is 0 Å². The number of primary amides is 1. The van der Waals surface area contributed by atoms with Gasteiger partial charge in [0.05, 0.1) is 17.3 Å². The van der Waals surface area contributed by atoms with Crippen LogP contribution in [0.4, 0.5) is 5.69 Å². The highest BCUT2D eigenvalue weighted by Gasteiger charge is 2.27. The number of benzene rings is 1. The molecular formula is C13H19BrN4O. The summed E-state index contributed by atoms with van der Waals surface area (Å²) in [5.74, 6) is -0.405. The van der Waals surface area contributed by atoms with E-state index >= 15 is 0 Å². The van der Waals surface area contributed by atoms with E-state index < -0.39 is 5.91 Å². The maximum atomic E-state index is 11.6. The fraction of sp³-hybridized carbons (Fsp3) is 0.462. The van der Waals surface area contributed by atoms with Crippen LogP contribution in [0.5, 0.6) is 0 Å². The van der Waals surface area contributed by atoms with Crippen LogP contribution in [0.15, 0.2) is 22.7 Å². The van der Waals surface area contributed by atoms with Crippen molar-refractivity contribution in [3.63, 3.8) is 0 Å². The molecule has 1 atom stereocenters. The molecule has 0 radical (unpaired) electrons. The molecule has 1 heterocycles. The first kappa shape index (κ1) is 14.3. The second-order valence-electron chi connectivity index (χ2n) is 4.87. The lowest BCUT2D eigenvalue weighted by Crippen LogP contribution is -2.55. The van der Waals surface area contributed by atoms with Crippen molar-refractivity contribution in [1.82, 2.24) is 4.90 Å². The molecule has 1 aromatic rings. The number of piperazine rings is 1. The number of carbonyl (C=O) groups is 1. The van der Waals surface area contributed by atoms with Crippen molar-refractivity contribution in [2.45, 2.75) is 6.04 Å². The van der Waals surface area contributed by atoms with Gasteiger partial charge in [-0.15, -0.1) is 0 Å². The van der Waals surface area contributed by atoms with Crippen LogP contribution in [0.25, 0.3) is 0 Å². The molecule has 0 bridgehead atoms. The number of nitrogens with two attached hydrogens (primary N) is 2. The fourth-order valence-electron chi connectivity index (χ4n) is 2.48. The average Bonchev–Trinajstić information content (AvgIpc) is 2.38. The van der Waals surface area contributed by atoms with Gasteiger partial charge in [-0.05, 0) is 25.2 Å². The zero-order chi connectivity index (χ0) is 14.0. The third kappa shape index (κ3) is 3.08. The van der Waals surface area contributed by atoms with Crippen LogP contribution in [0.1, 0.15) is 10.4 Å². The number of hydrogen-bond acceptors (Lipinski definition) is 4. The lowest BCUT2D eigenvalue weighted by Gasteiger charge is -2.41. The van der Waals surface area contributed by atoms with E-state index in [-0.39, 0.29) is 6.04 Å². The molecule has 1 saturated heterocycles. The Morgan fingerprint density at radius 3 is 2.84 bits per heavy atom. The van der Waals surface area contributed by atoms with Gasteiger partial charge in [0.15, 0.2) is 0 Å². The van der Waals surface area contributed by atoms with Crippen LogP contribution in [0, 0.1) is 0 Å². The summed E-state index contributed by atoms with van der Waals surface area (Å²) < 4.78 is 0.933. The van der Waals surface area contributed by atoms with E-state index in [1.54, 1.807) is 6.07 Å². The molecule has 6 heteroatoms. The van der Waals surface area contributed by atoms with Gasteiger partial charge < -0.3 is 21.3 Å². The van der Waals surface area contributed by atoms with Crippen LogP contribution in [0.2, 0.25) is 0 Å². The van der Waals surface area contributed by atoms with Gasteiger partial charge in [0.25, 0.3) is 5.91 Å². The van der Waals surface area contributed by atoms with Gasteiger partial charge >= 0.3 is 0 Å². The summed E-state index contributed by atoms with van der Waals surface area (Å²) in [4.78, 5) is 16.0. The molecule has 1 unspecified atom stereocenters. The van der Waals surface area contributed by atoms with E-state index in [1.807, 2.05) is 12.1 Å². The molecule has 0 aliphatic carbocycles. The van der Waals surface area contributed by atoms with Crippen LogP contribution in [0.3, 0.4) is 0 Å². The van der Waals surface area contributed by atoms with Crippen molar-refractivity contribution in [2.24, 2.45) is 11.5 Å². The normalized spacial score (nSPS) is 20.6. The van der Waals surface area contributed by atoms with Gasteiger partial charge in [-0.2, -0.15) is 0 Å². The summed E-state index contributed by atoms with van der Waals surface area (Å²) in [5, 5.41) is 0. The first-order valence-corrected chi connectivity index (χ1v) is 7.07. The zero-order valence-electron chi connectivity index (χ0n) is 11.0. The van der Waals surface area contributed by atoms with Crippen molar-refractivity contribution in [2.75, 3.05) is 38.1 Å². The van der Waals surface area contributed by atoms with Gasteiger partial charge in [0, 0.05) is 30.7 Å². The van der Waals surface area contributed by atoms with E-state index in [9.17, 15) is 4.79 Å². The maximum Gasteiger partial charge on any atom is 0.250 e. The van der Waals surface area contributed by atoms with E-state index in [0.717, 1.165) is 29.8 Å². The van der Waals surface area contributed by atoms with Crippen molar-refractivity contribution in [3.05, 3.63) is 28.2 Å². The molecule has 0 aromatic heterocycles. The topological polar surface area (TPSA) is 75.6 Å². The largest absolute Gasteiger partial charge is 0.366 e. The average molecular weight is 327 g/mol. The summed E-state index contributed by atoms with van der Waals surface area (Å²) in [7, 11) is 2.08. The Morgan fingerprint density at radius 1 is 1.47 bits per heavy atom. The first-order chi connectivity index (χ1) is 9.02. The fourth-order valence-corrected chi connectivity index (χ4v) is 2.83. The molecule has 1 fully saturated rings. The Bertz CT molecular complexity index is 480. The van der Waals surface area contributed by atoms with E-state index in [4.69, 9.17) is 11.5 Å². The Balaban J connectivity index is 2.39. The minimum atomic E-state index is -0.405. The van der Waals surface area contributed by atoms with Gasteiger partial charge in [-0.1, -0.05) is 15.9 Å². The third-order valence-electron chi connectivity index (χ3n) is 3.49. The quantitative estimate of drug-likeness (QED) is 0.854. The van der Waals surface area contributed by atoms with Crippen molar-refractivity contribution in [3.8, 4) is 0 Å². The second kappa shape index (κ2) is 5.90. The van der Waals surface area contributed by atoms with Gasteiger partial charge in [-0.25, -0.2) is 0 Å². The molecule has 19 heavy (non-hydrogen) atoms. The van der Waals surface area contributed by atoms with Crippen molar-refractivity contribution < 1.29 is 4.79 Å². The van der Waals surface area contributed by atoms with Crippen LogP contribution >= 0.6 is 15.9 Å². The summed E-state index contributed by atoms with van der Waals surface area (Å²) >= 11 is 3.45. The molecular weight excluding hydrogens is 308 g/mol. The van der Waals surface area contributed by atoms with Crippen LogP contribution in [-0.4, -0.2) is 50.1 Å². The summed E-state index contributed by atoms with van der Waals surface area (Å²) in [5.41, 5.74) is 12.7. The summed E-state index contributed by atoms with van der Waals surface area (Å²) in [6.45, 7) is 3.23. The highest BCUT2D eigenvalue weighted by atomic mass is 79.9. The number of likely N-dealkylation sites (N-methyl/N-ethyl adjacent to an activating group) is 1. The smallest absolute Gasteiger partial charge is 0.250 e. The molecule has 2 rings (SSSR count). The molecule has 5 nitrogen and oxygen atoms in total. The SMILES string of the molecule is CN1CCN(c2cc(Br)ccc2C(N)=O)C(CN)C1. The Morgan fingerprint density at radius 2 is 2.21 bits per heavy atom. The molecule has 1 aliphatic rings. The number of carbonyl (C=O) groups excluding carboxylic acids is 1. The lowest BCUT2D eigenvalue weighted by atomic mass is 10.1. The van der Waals surface area contributed by atoms with Crippen molar-refractivity contribution in [1.29, 1.82) is 0 Å².